The highest BCUT2D eigenvalue weighted by molar-refractivity contribution is 5.98. The van der Waals surface area contributed by atoms with E-state index < -0.39 is 6.04 Å². The molecule has 202 valence electrons. The lowest BCUT2D eigenvalue weighted by Crippen LogP contribution is -2.44. The minimum atomic E-state index is -0.562. The van der Waals surface area contributed by atoms with Gasteiger partial charge in [-0.05, 0) is 54.7 Å². The number of nitrogens with zero attached hydrogens (tertiary/aromatic N) is 5. The number of ketones is 1. The van der Waals surface area contributed by atoms with E-state index in [-0.39, 0.29) is 54.9 Å². The number of imidazole rings is 1. The standard InChI is InChI=1S/C29H32N6O4/c1-20(8-11-32-29(39)22-4-6-23(7-5-22)33-14-12-31-19-33)15-26(37)34-13-9-24-28(34)25(36)18-35(24)27(38)16-21-3-2-10-30-17-21/h2-7,10,12,14,17,19-20,24,28H,8-9,11,13,15-16,18H2,1H3,(H,32,39). The second-order valence-electron chi connectivity index (χ2n) is 10.3. The van der Waals surface area contributed by atoms with E-state index in [9.17, 15) is 19.2 Å². The van der Waals surface area contributed by atoms with Crippen LogP contribution in [0.1, 0.15) is 42.1 Å². The zero-order chi connectivity index (χ0) is 27.4. The van der Waals surface area contributed by atoms with Gasteiger partial charge in [0.2, 0.25) is 11.8 Å². The normalized spacial score (nSPS) is 19.2. The summed E-state index contributed by atoms with van der Waals surface area (Å²) in [6.45, 7) is 2.92. The molecular weight excluding hydrogens is 496 g/mol. The molecule has 1 N–H and O–H groups in total. The quantitative estimate of drug-likeness (QED) is 0.454. The number of carbonyl (C=O) groups excluding carboxylic acids is 4. The molecule has 2 saturated heterocycles. The second-order valence-corrected chi connectivity index (χ2v) is 10.3. The van der Waals surface area contributed by atoms with Crippen LogP contribution in [0.3, 0.4) is 0 Å². The number of nitrogens with one attached hydrogen (secondary N) is 1. The van der Waals surface area contributed by atoms with E-state index in [0.717, 1.165) is 11.3 Å². The minimum Gasteiger partial charge on any atom is -0.352 e. The fraction of sp³-hybridized carbons (Fsp3) is 0.379. The van der Waals surface area contributed by atoms with E-state index in [2.05, 4.69) is 15.3 Å². The van der Waals surface area contributed by atoms with Crippen molar-refractivity contribution >= 4 is 23.5 Å². The van der Waals surface area contributed by atoms with Gasteiger partial charge >= 0.3 is 0 Å². The molecule has 3 unspecified atom stereocenters. The maximum atomic E-state index is 13.1. The van der Waals surface area contributed by atoms with Gasteiger partial charge in [-0.15, -0.1) is 0 Å². The van der Waals surface area contributed by atoms with Crippen LogP contribution in [0, 0.1) is 5.92 Å². The van der Waals surface area contributed by atoms with E-state index in [1.807, 2.05) is 35.9 Å². The number of amides is 3. The minimum absolute atomic E-state index is 0.0280. The average Bonchev–Trinajstić information content (AvgIpc) is 3.68. The summed E-state index contributed by atoms with van der Waals surface area (Å²) in [5.74, 6) is -0.407. The lowest BCUT2D eigenvalue weighted by Gasteiger charge is -2.25. The van der Waals surface area contributed by atoms with Crippen LogP contribution in [-0.2, 0) is 20.8 Å². The smallest absolute Gasteiger partial charge is 0.251 e. The summed E-state index contributed by atoms with van der Waals surface area (Å²) in [5, 5.41) is 2.92. The van der Waals surface area contributed by atoms with Gasteiger partial charge in [0.05, 0.1) is 25.3 Å². The van der Waals surface area contributed by atoms with Crippen molar-refractivity contribution < 1.29 is 19.2 Å². The van der Waals surface area contributed by atoms with E-state index in [1.54, 1.807) is 52.9 Å². The van der Waals surface area contributed by atoms with Crippen LogP contribution in [-0.4, -0.2) is 79.6 Å². The molecule has 0 bridgehead atoms. The molecule has 3 atom stereocenters. The Balaban J connectivity index is 1.08. The molecule has 0 aliphatic carbocycles. The largest absolute Gasteiger partial charge is 0.352 e. The van der Waals surface area contributed by atoms with Crippen LogP contribution >= 0.6 is 0 Å². The third-order valence-corrected chi connectivity index (χ3v) is 7.52. The number of Topliss-reactive ketones (excluding diaryl/α,β-unsaturated/α-hetero) is 1. The maximum Gasteiger partial charge on any atom is 0.251 e. The number of fused-ring (bicyclic) bond motifs is 1. The van der Waals surface area contributed by atoms with E-state index >= 15 is 0 Å². The molecule has 4 heterocycles. The molecule has 3 amide bonds. The number of benzene rings is 1. The number of rotatable bonds is 9. The second kappa shape index (κ2) is 11.6. The average molecular weight is 529 g/mol. The predicted octanol–water partition coefficient (Wildman–Crippen LogP) is 2.04. The van der Waals surface area contributed by atoms with Gasteiger partial charge in [-0.1, -0.05) is 13.0 Å². The highest BCUT2D eigenvalue weighted by Crippen LogP contribution is 2.31. The number of aromatic nitrogens is 3. The molecular formula is C29H32N6O4. The molecule has 1 aromatic carbocycles. The molecule has 0 spiro atoms. The number of carbonyl (C=O) groups is 4. The monoisotopic (exact) mass is 528 g/mol. The van der Waals surface area contributed by atoms with Crippen LogP contribution < -0.4 is 5.32 Å². The molecule has 0 radical (unpaired) electrons. The van der Waals surface area contributed by atoms with E-state index in [4.69, 9.17) is 0 Å². The molecule has 2 fully saturated rings. The van der Waals surface area contributed by atoms with Crippen molar-refractivity contribution in [3.63, 3.8) is 0 Å². The Kier molecular flexibility index (Phi) is 7.81. The SMILES string of the molecule is CC(CCNC(=O)c1ccc(-n2ccnc2)cc1)CC(=O)N1CCC2C1C(=O)CN2C(=O)Cc1cccnc1. The van der Waals surface area contributed by atoms with Gasteiger partial charge < -0.3 is 19.7 Å². The number of hydrogen-bond donors (Lipinski definition) is 1. The van der Waals surface area contributed by atoms with Crippen molar-refractivity contribution in [2.45, 2.75) is 44.7 Å². The summed E-state index contributed by atoms with van der Waals surface area (Å²) in [5.41, 5.74) is 2.28. The van der Waals surface area contributed by atoms with Crippen LogP contribution in [0.25, 0.3) is 5.69 Å². The predicted molar refractivity (Wildman–Crippen MR) is 143 cm³/mol. The summed E-state index contributed by atoms with van der Waals surface area (Å²) in [6, 6.07) is 10.1. The number of hydrogen-bond acceptors (Lipinski definition) is 6. The van der Waals surface area contributed by atoms with Crippen molar-refractivity contribution in [2.75, 3.05) is 19.6 Å². The van der Waals surface area contributed by atoms with Crippen molar-refractivity contribution in [1.82, 2.24) is 29.7 Å². The Bertz CT molecular complexity index is 1330. The Morgan fingerprint density at radius 2 is 1.87 bits per heavy atom. The molecule has 2 aromatic heterocycles. The Hall–Kier alpha value is -4.34. The van der Waals surface area contributed by atoms with Crippen molar-refractivity contribution in [3.05, 3.63) is 78.6 Å². The molecule has 2 aliphatic heterocycles. The summed E-state index contributed by atoms with van der Waals surface area (Å²) in [4.78, 5) is 62.8. The van der Waals surface area contributed by atoms with Gasteiger partial charge in [-0.3, -0.25) is 24.2 Å². The third kappa shape index (κ3) is 5.89. The first kappa shape index (κ1) is 26.3. The first-order valence-corrected chi connectivity index (χ1v) is 13.3. The summed E-state index contributed by atoms with van der Waals surface area (Å²) in [7, 11) is 0. The van der Waals surface area contributed by atoms with Gasteiger partial charge in [0.1, 0.15) is 6.04 Å². The summed E-state index contributed by atoms with van der Waals surface area (Å²) in [6.07, 6.45) is 10.2. The molecule has 5 rings (SSSR count). The Morgan fingerprint density at radius 3 is 2.59 bits per heavy atom. The zero-order valence-electron chi connectivity index (χ0n) is 21.9. The zero-order valence-corrected chi connectivity index (χ0v) is 21.9. The maximum absolute atomic E-state index is 13.1. The number of pyridine rings is 1. The van der Waals surface area contributed by atoms with Crippen LogP contribution in [0.4, 0.5) is 0 Å². The van der Waals surface area contributed by atoms with Crippen LogP contribution in [0.5, 0.6) is 0 Å². The summed E-state index contributed by atoms with van der Waals surface area (Å²) < 4.78 is 1.86. The van der Waals surface area contributed by atoms with Crippen molar-refractivity contribution in [1.29, 1.82) is 0 Å². The fourth-order valence-electron chi connectivity index (χ4n) is 5.45. The Labute approximate surface area is 227 Å². The van der Waals surface area contributed by atoms with Gasteiger partial charge in [-0.2, -0.15) is 0 Å². The highest BCUT2D eigenvalue weighted by atomic mass is 16.2. The van der Waals surface area contributed by atoms with Crippen molar-refractivity contribution in [2.24, 2.45) is 5.92 Å². The molecule has 39 heavy (non-hydrogen) atoms. The topological polar surface area (TPSA) is 118 Å². The highest BCUT2D eigenvalue weighted by Gasteiger charge is 2.51. The first-order chi connectivity index (χ1) is 18.9. The number of likely N-dealkylation sites (tertiary alicyclic amines) is 2. The first-order valence-electron chi connectivity index (χ1n) is 13.3. The van der Waals surface area contributed by atoms with E-state index in [0.29, 0.717) is 31.5 Å². The molecule has 10 nitrogen and oxygen atoms in total. The van der Waals surface area contributed by atoms with Gasteiger partial charge in [0.25, 0.3) is 5.91 Å². The molecule has 0 saturated carbocycles. The van der Waals surface area contributed by atoms with Crippen LogP contribution in [0.2, 0.25) is 0 Å². The summed E-state index contributed by atoms with van der Waals surface area (Å²) >= 11 is 0. The Morgan fingerprint density at radius 1 is 1.05 bits per heavy atom. The van der Waals surface area contributed by atoms with Crippen molar-refractivity contribution in [3.8, 4) is 5.69 Å². The third-order valence-electron chi connectivity index (χ3n) is 7.52. The van der Waals surface area contributed by atoms with Gasteiger partial charge in [-0.25, -0.2) is 4.98 Å². The molecule has 3 aromatic rings. The molecule has 2 aliphatic rings. The van der Waals surface area contributed by atoms with Crippen LogP contribution in [0.15, 0.2) is 67.5 Å². The van der Waals surface area contributed by atoms with Gasteiger partial charge in [0, 0.05) is 55.5 Å². The van der Waals surface area contributed by atoms with Gasteiger partial charge in [0.15, 0.2) is 5.78 Å². The fourth-order valence-corrected chi connectivity index (χ4v) is 5.45. The lowest BCUT2D eigenvalue weighted by molar-refractivity contribution is -0.137. The van der Waals surface area contributed by atoms with E-state index in [1.165, 1.54) is 0 Å². The molecule has 10 heteroatoms. The lowest BCUT2D eigenvalue weighted by atomic mass is 10.0.